The second kappa shape index (κ2) is 2.73. The Morgan fingerprint density at radius 3 is 2.79 bits per heavy atom. The predicted molar refractivity (Wildman–Crippen MR) is 46.9 cm³/mol. The van der Waals surface area contributed by atoms with Gasteiger partial charge in [-0.25, -0.2) is 9.18 Å². The van der Waals surface area contributed by atoms with Crippen LogP contribution in [0.2, 0.25) is 0 Å². The van der Waals surface area contributed by atoms with Gasteiger partial charge in [-0.05, 0) is 12.1 Å². The summed E-state index contributed by atoms with van der Waals surface area (Å²) >= 11 is 0. The fraction of sp³-hybridized carbons (Fsp3) is 0. The van der Waals surface area contributed by atoms with Crippen molar-refractivity contribution in [2.24, 2.45) is 0 Å². The lowest BCUT2D eigenvalue weighted by molar-refractivity contribution is 0.0699. The zero-order valence-electron chi connectivity index (χ0n) is 6.91. The van der Waals surface area contributed by atoms with Gasteiger partial charge in [-0.1, -0.05) is 0 Å². The van der Waals surface area contributed by atoms with Crippen molar-refractivity contribution in [3.8, 4) is 5.75 Å². The van der Waals surface area contributed by atoms with Crippen molar-refractivity contribution in [3.05, 3.63) is 29.7 Å². The highest BCUT2D eigenvalue weighted by Gasteiger charge is 2.16. The third-order valence-corrected chi connectivity index (χ3v) is 1.99. The van der Waals surface area contributed by atoms with Crippen LogP contribution in [0.4, 0.5) is 4.39 Å². The summed E-state index contributed by atoms with van der Waals surface area (Å²) < 4.78 is 13.1. The Labute approximate surface area is 77.6 Å². The fourth-order valence-electron chi connectivity index (χ4n) is 1.37. The minimum atomic E-state index is -1.21. The number of H-pyrrole nitrogens is 1. The van der Waals surface area contributed by atoms with Crippen LogP contribution in [0.5, 0.6) is 5.75 Å². The van der Waals surface area contributed by atoms with Crippen LogP contribution in [0.15, 0.2) is 18.3 Å². The summed E-state index contributed by atoms with van der Waals surface area (Å²) in [4.78, 5) is 13.1. The number of fused-ring (bicyclic) bond motifs is 1. The van der Waals surface area contributed by atoms with E-state index in [0.29, 0.717) is 0 Å². The second-order valence-electron chi connectivity index (χ2n) is 2.82. The van der Waals surface area contributed by atoms with Crippen molar-refractivity contribution in [2.45, 2.75) is 0 Å². The molecule has 0 fully saturated rings. The highest BCUT2D eigenvalue weighted by atomic mass is 19.1. The zero-order valence-corrected chi connectivity index (χ0v) is 6.91. The first kappa shape index (κ1) is 8.55. The maximum atomic E-state index is 13.1. The number of carboxylic acid groups (broad SMARTS) is 1. The monoisotopic (exact) mass is 195 g/mol. The van der Waals surface area contributed by atoms with E-state index in [1.807, 2.05) is 0 Å². The largest absolute Gasteiger partial charge is 0.507 e. The second-order valence-corrected chi connectivity index (χ2v) is 2.82. The molecule has 2 aromatic rings. The van der Waals surface area contributed by atoms with E-state index in [1.165, 1.54) is 0 Å². The quantitative estimate of drug-likeness (QED) is 0.648. The number of phenols is 1. The van der Waals surface area contributed by atoms with E-state index in [-0.39, 0.29) is 22.2 Å². The van der Waals surface area contributed by atoms with Crippen LogP contribution in [0.1, 0.15) is 10.4 Å². The number of aromatic amines is 1. The molecule has 0 atom stereocenters. The van der Waals surface area contributed by atoms with Gasteiger partial charge < -0.3 is 15.2 Å². The molecule has 1 aromatic carbocycles. The summed E-state index contributed by atoms with van der Waals surface area (Å²) in [5.41, 5.74) is -0.139. The molecule has 0 aliphatic rings. The van der Waals surface area contributed by atoms with E-state index < -0.39 is 11.8 Å². The first-order valence-electron chi connectivity index (χ1n) is 3.83. The van der Waals surface area contributed by atoms with Gasteiger partial charge in [0.1, 0.15) is 11.6 Å². The molecule has 0 unspecified atom stereocenters. The number of hydrogen-bond acceptors (Lipinski definition) is 2. The Hall–Kier alpha value is -2.04. The van der Waals surface area contributed by atoms with Crippen molar-refractivity contribution in [3.63, 3.8) is 0 Å². The molecule has 72 valence electrons. The molecule has 0 saturated carbocycles. The summed E-state index contributed by atoms with van der Waals surface area (Å²) in [5.74, 6) is -2.05. The first-order chi connectivity index (χ1) is 6.61. The van der Waals surface area contributed by atoms with Crippen molar-refractivity contribution >= 4 is 16.9 Å². The molecule has 0 radical (unpaired) electrons. The smallest absolute Gasteiger partial charge is 0.338 e. The van der Waals surface area contributed by atoms with Gasteiger partial charge in [-0.3, -0.25) is 0 Å². The normalized spacial score (nSPS) is 10.6. The molecule has 0 spiro atoms. The van der Waals surface area contributed by atoms with Crippen molar-refractivity contribution in [1.82, 2.24) is 4.98 Å². The van der Waals surface area contributed by atoms with Crippen molar-refractivity contribution < 1.29 is 19.4 Å². The third-order valence-electron chi connectivity index (χ3n) is 1.99. The minimum Gasteiger partial charge on any atom is -0.507 e. The summed E-state index contributed by atoms with van der Waals surface area (Å²) in [6, 6.07) is 2.19. The molecule has 14 heavy (non-hydrogen) atoms. The number of carboxylic acids is 1. The number of hydrogen-bond donors (Lipinski definition) is 3. The summed E-state index contributed by atoms with van der Waals surface area (Å²) in [6.45, 7) is 0. The number of phenolic OH excluding ortho intramolecular Hbond substituents is 1. The molecule has 5 heteroatoms. The number of rotatable bonds is 1. The predicted octanol–water partition coefficient (Wildman–Crippen LogP) is 1.71. The Morgan fingerprint density at radius 2 is 2.14 bits per heavy atom. The van der Waals surface area contributed by atoms with E-state index in [4.69, 9.17) is 5.11 Å². The van der Waals surface area contributed by atoms with Crippen molar-refractivity contribution in [2.75, 3.05) is 0 Å². The van der Waals surface area contributed by atoms with Gasteiger partial charge in [0.25, 0.3) is 0 Å². The Kier molecular flexibility index (Phi) is 1.67. The summed E-state index contributed by atoms with van der Waals surface area (Å²) in [5, 5.41) is 18.1. The molecule has 0 bridgehead atoms. The first-order valence-corrected chi connectivity index (χ1v) is 3.83. The molecule has 4 nitrogen and oxygen atoms in total. The van der Waals surface area contributed by atoms with Crippen LogP contribution in [-0.4, -0.2) is 21.2 Å². The lowest BCUT2D eigenvalue weighted by Crippen LogP contribution is -1.93. The van der Waals surface area contributed by atoms with E-state index in [9.17, 15) is 14.3 Å². The summed E-state index contributed by atoms with van der Waals surface area (Å²) in [7, 11) is 0. The Balaban J connectivity index is 2.90. The molecule has 2 rings (SSSR count). The minimum absolute atomic E-state index is 0.00222. The van der Waals surface area contributed by atoms with Gasteiger partial charge in [0.2, 0.25) is 0 Å². The number of aromatic hydroxyl groups is 1. The van der Waals surface area contributed by atoms with Crippen LogP contribution in [-0.2, 0) is 0 Å². The Bertz CT molecular complexity index is 518. The van der Waals surface area contributed by atoms with Crippen LogP contribution >= 0.6 is 0 Å². The van der Waals surface area contributed by atoms with E-state index >= 15 is 0 Å². The van der Waals surface area contributed by atoms with Gasteiger partial charge in [0.05, 0.1) is 16.5 Å². The van der Waals surface area contributed by atoms with Gasteiger partial charge in [0.15, 0.2) is 0 Å². The highest BCUT2D eigenvalue weighted by Crippen LogP contribution is 2.29. The maximum Gasteiger partial charge on any atom is 0.338 e. The fourth-order valence-corrected chi connectivity index (χ4v) is 1.37. The molecule has 3 N–H and O–H groups in total. The van der Waals surface area contributed by atoms with E-state index in [0.717, 1.165) is 18.3 Å². The number of carbonyl (C=O) groups is 1. The van der Waals surface area contributed by atoms with E-state index in [1.54, 1.807) is 0 Å². The number of benzene rings is 1. The van der Waals surface area contributed by atoms with Crippen LogP contribution in [0.3, 0.4) is 0 Å². The lowest BCUT2D eigenvalue weighted by Gasteiger charge is -1.97. The molecule has 0 aliphatic heterocycles. The SMILES string of the molecule is O=C(O)c1c[nH]c2c(F)ccc(O)c12. The van der Waals surface area contributed by atoms with Gasteiger partial charge >= 0.3 is 5.97 Å². The van der Waals surface area contributed by atoms with Gasteiger partial charge in [0, 0.05) is 6.20 Å². The zero-order chi connectivity index (χ0) is 10.3. The van der Waals surface area contributed by atoms with Crippen LogP contribution in [0.25, 0.3) is 10.9 Å². The number of nitrogens with one attached hydrogen (secondary N) is 1. The Morgan fingerprint density at radius 1 is 1.43 bits per heavy atom. The van der Waals surface area contributed by atoms with Crippen molar-refractivity contribution in [1.29, 1.82) is 0 Å². The molecule has 0 amide bonds. The lowest BCUT2D eigenvalue weighted by atomic mass is 10.1. The molecule has 1 heterocycles. The standard InChI is InChI=1S/C9H6FNO3/c10-5-1-2-6(12)7-4(9(13)14)3-11-8(5)7/h1-3,11-12H,(H,13,14). The molecular weight excluding hydrogens is 189 g/mol. The average molecular weight is 195 g/mol. The molecule has 0 aliphatic carbocycles. The summed E-state index contributed by atoms with van der Waals surface area (Å²) in [6.07, 6.45) is 1.15. The average Bonchev–Trinajstić information content (AvgIpc) is 2.56. The molecular formula is C9H6FNO3. The number of aromatic carboxylic acids is 1. The molecule has 1 aromatic heterocycles. The van der Waals surface area contributed by atoms with E-state index in [2.05, 4.69) is 4.98 Å². The topological polar surface area (TPSA) is 73.3 Å². The van der Waals surface area contributed by atoms with Crippen LogP contribution < -0.4 is 0 Å². The number of aromatic nitrogens is 1. The third kappa shape index (κ3) is 1.02. The van der Waals surface area contributed by atoms with Crippen LogP contribution in [0, 0.1) is 5.82 Å². The highest BCUT2D eigenvalue weighted by molar-refractivity contribution is 6.05. The van der Waals surface area contributed by atoms with Gasteiger partial charge in [-0.2, -0.15) is 0 Å². The molecule has 0 saturated heterocycles. The van der Waals surface area contributed by atoms with Gasteiger partial charge in [-0.15, -0.1) is 0 Å². The maximum absolute atomic E-state index is 13.1. The number of halogens is 1.